The predicted octanol–water partition coefficient (Wildman–Crippen LogP) is 2.91. The molecule has 2 aromatic heterocycles. The molecule has 4 aromatic rings. The van der Waals surface area contributed by atoms with Crippen LogP contribution in [-0.4, -0.2) is 43.5 Å². The average Bonchev–Trinajstić information content (AvgIpc) is 3.22. The maximum absolute atomic E-state index is 13.6. The van der Waals surface area contributed by atoms with E-state index in [1.807, 2.05) is 0 Å². The number of hydrogen-bond donors (Lipinski definition) is 1. The zero-order valence-corrected chi connectivity index (χ0v) is 18.2. The van der Waals surface area contributed by atoms with Crippen LogP contribution in [0.4, 0.5) is 10.1 Å². The zero-order valence-electron chi connectivity index (χ0n) is 17.4. The third-order valence-corrected chi connectivity index (χ3v) is 6.04. The fourth-order valence-electron chi connectivity index (χ4n) is 3.35. The topological polar surface area (TPSA) is 99.8 Å². The van der Waals surface area contributed by atoms with Crippen molar-refractivity contribution in [2.24, 2.45) is 0 Å². The number of nitrogens with one attached hydrogen (secondary N) is 1. The summed E-state index contributed by atoms with van der Waals surface area (Å²) >= 11 is 1.16. The molecule has 0 aliphatic carbocycles. The lowest BCUT2D eigenvalue weighted by Crippen LogP contribution is -2.23. The van der Waals surface area contributed by atoms with E-state index in [0.29, 0.717) is 41.2 Å². The Morgan fingerprint density at radius 1 is 1.12 bits per heavy atom. The second kappa shape index (κ2) is 8.58. The van der Waals surface area contributed by atoms with Crippen LogP contribution in [-0.2, 0) is 4.79 Å². The molecule has 1 unspecified atom stereocenters. The molecule has 168 valence electrons. The van der Waals surface area contributed by atoms with Gasteiger partial charge in [-0.3, -0.25) is 18.6 Å². The fraction of sp³-hybridized carbons (Fsp3) is 0.182. The molecule has 11 heteroatoms. The first-order chi connectivity index (χ1) is 16.0. The van der Waals surface area contributed by atoms with E-state index in [-0.39, 0.29) is 11.6 Å². The molecule has 3 heterocycles. The van der Waals surface area contributed by atoms with Crippen LogP contribution >= 0.6 is 11.8 Å². The standard InChI is InChI=1S/C22H18FN5O4S/c1-13(20(29)24-15-5-6-17-18(12-15)32-10-9-31-17)33-22-26-25-19-21(30)27(7-8-28(19)22)16-4-2-3-14(23)11-16/h2-8,11-13H,9-10H2,1H3,(H,24,29). The molecular formula is C22H18FN5O4S. The Balaban J connectivity index is 1.34. The van der Waals surface area contributed by atoms with E-state index >= 15 is 0 Å². The van der Waals surface area contributed by atoms with Crippen LogP contribution in [0.5, 0.6) is 11.5 Å². The number of benzene rings is 2. The van der Waals surface area contributed by atoms with Gasteiger partial charge in [0.25, 0.3) is 0 Å². The number of anilines is 1. The number of carbonyl (C=O) groups is 1. The van der Waals surface area contributed by atoms with Gasteiger partial charge in [0.15, 0.2) is 16.7 Å². The molecule has 9 nitrogen and oxygen atoms in total. The number of ether oxygens (including phenoxy) is 2. The zero-order chi connectivity index (χ0) is 22.9. The highest BCUT2D eigenvalue weighted by atomic mass is 32.2. The van der Waals surface area contributed by atoms with Crippen molar-refractivity contribution >= 4 is 29.0 Å². The van der Waals surface area contributed by atoms with Crippen LogP contribution in [0.1, 0.15) is 6.92 Å². The first-order valence-electron chi connectivity index (χ1n) is 10.1. The van der Waals surface area contributed by atoms with Crippen LogP contribution in [0.2, 0.25) is 0 Å². The highest BCUT2D eigenvalue weighted by molar-refractivity contribution is 8.00. The molecule has 0 fully saturated rings. The van der Waals surface area contributed by atoms with Gasteiger partial charge < -0.3 is 14.8 Å². The Morgan fingerprint density at radius 2 is 1.94 bits per heavy atom. The van der Waals surface area contributed by atoms with Crippen molar-refractivity contribution in [2.45, 2.75) is 17.3 Å². The first kappa shape index (κ1) is 21.0. The van der Waals surface area contributed by atoms with Gasteiger partial charge in [0.1, 0.15) is 19.0 Å². The molecule has 0 spiro atoms. The summed E-state index contributed by atoms with van der Waals surface area (Å²) in [4.78, 5) is 25.6. The molecule has 1 atom stereocenters. The number of fused-ring (bicyclic) bond motifs is 2. The van der Waals surface area contributed by atoms with Gasteiger partial charge >= 0.3 is 5.56 Å². The summed E-state index contributed by atoms with van der Waals surface area (Å²) in [6.45, 7) is 2.68. The maximum Gasteiger partial charge on any atom is 0.300 e. The quantitative estimate of drug-likeness (QED) is 0.451. The first-order valence-corrected chi connectivity index (χ1v) is 11.0. The molecule has 0 radical (unpaired) electrons. The lowest BCUT2D eigenvalue weighted by atomic mass is 10.2. The minimum absolute atomic E-state index is 0.0729. The third kappa shape index (κ3) is 4.14. The second-order valence-corrected chi connectivity index (χ2v) is 8.55. The van der Waals surface area contributed by atoms with Crippen molar-refractivity contribution in [3.8, 4) is 17.2 Å². The van der Waals surface area contributed by atoms with E-state index in [1.54, 1.807) is 37.4 Å². The summed E-state index contributed by atoms with van der Waals surface area (Å²) in [6, 6.07) is 10.9. The summed E-state index contributed by atoms with van der Waals surface area (Å²) in [6.07, 6.45) is 3.12. The van der Waals surface area contributed by atoms with Gasteiger partial charge in [-0.25, -0.2) is 4.39 Å². The maximum atomic E-state index is 13.6. The molecule has 0 saturated heterocycles. The Labute approximate surface area is 191 Å². The van der Waals surface area contributed by atoms with Crippen LogP contribution in [0.15, 0.2) is 64.8 Å². The lowest BCUT2D eigenvalue weighted by Gasteiger charge is -2.19. The number of aromatic nitrogens is 4. The monoisotopic (exact) mass is 467 g/mol. The van der Waals surface area contributed by atoms with E-state index in [4.69, 9.17) is 9.47 Å². The van der Waals surface area contributed by atoms with Crippen molar-refractivity contribution in [3.63, 3.8) is 0 Å². The Hall–Kier alpha value is -3.86. The molecule has 1 aliphatic heterocycles. The van der Waals surface area contributed by atoms with Gasteiger partial charge in [0.2, 0.25) is 11.6 Å². The van der Waals surface area contributed by atoms with Crippen molar-refractivity contribution in [2.75, 3.05) is 18.5 Å². The van der Waals surface area contributed by atoms with Gasteiger partial charge in [-0.2, -0.15) is 0 Å². The van der Waals surface area contributed by atoms with E-state index in [9.17, 15) is 14.0 Å². The predicted molar refractivity (Wildman–Crippen MR) is 120 cm³/mol. The summed E-state index contributed by atoms with van der Waals surface area (Å²) in [5, 5.41) is 10.7. The number of carbonyl (C=O) groups excluding carboxylic acids is 1. The Bertz CT molecular complexity index is 1420. The van der Waals surface area contributed by atoms with Gasteiger partial charge in [-0.1, -0.05) is 17.8 Å². The molecule has 1 amide bonds. The molecule has 0 bridgehead atoms. The molecule has 1 aliphatic rings. The highest BCUT2D eigenvalue weighted by Gasteiger charge is 2.20. The highest BCUT2D eigenvalue weighted by Crippen LogP contribution is 2.33. The van der Waals surface area contributed by atoms with E-state index in [2.05, 4.69) is 15.5 Å². The van der Waals surface area contributed by atoms with Crippen LogP contribution < -0.4 is 20.3 Å². The molecule has 1 N–H and O–H groups in total. The van der Waals surface area contributed by atoms with E-state index in [0.717, 1.165) is 11.8 Å². The number of rotatable bonds is 5. The van der Waals surface area contributed by atoms with Gasteiger partial charge in [0.05, 0.1) is 10.9 Å². The summed E-state index contributed by atoms with van der Waals surface area (Å²) in [5.74, 6) is 0.522. The molecule has 2 aromatic carbocycles. The minimum Gasteiger partial charge on any atom is -0.486 e. The fourth-order valence-corrected chi connectivity index (χ4v) is 4.18. The summed E-state index contributed by atoms with van der Waals surface area (Å²) in [7, 11) is 0. The van der Waals surface area contributed by atoms with Gasteiger partial charge in [-0.15, -0.1) is 10.2 Å². The van der Waals surface area contributed by atoms with Crippen LogP contribution in [0, 0.1) is 5.82 Å². The van der Waals surface area contributed by atoms with E-state index in [1.165, 1.54) is 33.4 Å². The van der Waals surface area contributed by atoms with Crippen LogP contribution in [0.25, 0.3) is 11.3 Å². The summed E-state index contributed by atoms with van der Waals surface area (Å²) < 4.78 is 27.4. The van der Waals surface area contributed by atoms with Gasteiger partial charge in [-0.05, 0) is 37.3 Å². The average molecular weight is 467 g/mol. The Morgan fingerprint density at radius 3 is 2.76 bits per heavy atom. The van der Waals surface area contributed by atoms with Crippen molar-refractivity contribution in [1.29, 1.82) is 0 Å². The van der Waals surface area contributed by atoms with Crippen LogP contribution in [0.3, 0.4) is 0 Å². The summed E-state index contributed by atoms with van der Waals surface area (Å²) in [5.41, 5.74) is 0.590. The smallest absolute Gasteiger partial charge is 0.300 e. The number of hydrogen-bond acceptors (Lipinski definition) is 7. The molecule has 33 heavy (non-hydrogen) atoms. The minimum atomic E-state index is -0.531. The molecule has 0 saturated carbocycles. The van der Waals surface area contributed by atoms with Crippen molar-refractivity contribution < 1.29 is 18.7 Å². The largest absolute Gasteiger partial charge is 0.486 e. The number of nitrogens with zero attached hydrogens (tertiary/aromatic N) is 4. The van der Waals surface area contributed by atoms with Crippen molar-refractivity contribution in [1.82, 2.24) is 19.2 Å². The number of thioether (sulfide) groups is 1. The second-order valence-electron chi connectivity index (χ2n) is 7.24. The van der Waals surface area contributed by atoms with E-state index < -0.39 is 16.6 Å². The van der Waals surface area contributed by atoms with Gasteiger partial charge in [0, 0.05) is 24.1 Å². The SMILES string of the molecule is CC(Sc1nnc2c(=O)n(-c3cccc(F)c3)ccn12)C(=O)Nc1ccc2c(c1)OCCO2. The normalized spacial score (nSPS) is 13.6. The third-order valence-electron chi connectivity index (χ3n) is 4.99. The van der Waals surface area contributed by atoms with Crippen molar-refractivity contribution in [3.05, 3.63) is 71.0 Å². The molecular weight excluding hydrogens is 449 g/mol. The number of amides is 1. The Kier molecular flexibility index (Phi) is 5.47. The molecule has 5 rings (SSSR count). The number of halogens is 1. The lowest BCUT2D eigenvalue weighted by molar-refractivity contribution is -0.115.